The van der Waals surface area contributed by atoms with Gasteiger partial charge in [-0.3, -0.25) is 0 Å². The minimum Gasteiger partial charge on any atom is -0.493 e. The van der Waals surface area contributed by atoms with Gasteiger partial charge in [0.2, 0.25) is 0 Å². The van der Waals surface area contributed by atoms with E-state index in [-0.39, 0.29) is 0 Å². The molecular formula is C12H17ClO2. The van der Waals surface area contributed by atoms with E-state index < -0.39 is 0 Å². The second-order valence-electron chi connectivity index (χ2n) is 3.30. The molecule has 0 atom stereocenters. The van der Waals surface area contributed by atoms with Gasteiger partial charge in [0, 0.05) is 25.2 Å². The van der Waals surface area contributed by atoms with Crippen LogP contribution in [0.4, 0.5) is 0 Å². The maximum Gasteiger partial charge on any atom is 0.123 e. The van der Waals surface area contributed by atoms with Crippen LogP contribution in [0.15, 0.2) is 18.2 Å². The van der Waals surface area contributed by atoms with Crippen LogP contribution in [0.5, 0.6) is 5.75 Å². The zero-order valence-electron chi connectivity index (χ0n) is 9.25. The lowest BCUT2D eigenvalue weighted by atomic mass is 10.1. The molecule has 0 N–H and O–H groups in total. The molecule has 0 aliphatic rings. The summed E-state index contributed by atoms with van der Waals surface area (Å²) in [5, 5.41) is 0.717. The van der Waals surface area contributed by atoms with Gasteiger partial charge in [0.15, 0.2) is 0 Å². The average Bonchev–Trinajstić information content (AvgIpc) is 2.25. The van der Waals surface area contributed by atoms with Crippen molar-refractivity contribution in [3.8, 4) is 5.75 Å². The summed E-state index contributed by atoms with van der Waals surface area (Å²) in [6.07, 6.45) is 1.85. The first-order valence-corrected chi connectivity index (χ1v) is 5.56. The summed E-state index contributed by atoms with van der Waals surface area (Å²) in [4.78, 5) is 0. The average molecular weight is 229 g/mol. The Kier molecular flexibility index (Phi) is 5.51. The summed E-state index contributed by atoms with van der Waals surface area (Å²) < 4.78 is 10.6. The van der Waals surface area contributed by atoms with E-state index in [9.17, 15) is 0 Å². The van der Waals surface area contributed by atoms with Crippen molar-refractivity contribution in [1.29, 1.82) is 0 Å². The zero-order chi connectivity index (χ0) is 11.1. The van der Waals surface area contributed by atoms with Crippen molar-refractivity contribution in [2.75, 3.05) is 20.3 Å². The Balaban J connectivity index is 2.54. The molecule has 1 aromatic rings. The highest BCUT2D eigenvalue weighted by atomic mass is 35.5. The first-order chi connectivity index (χ1) is 7.27. The van der Waals surface area contributed by atoms with Gasteiger partial charge in [-0.25, -0.2) is 0 Å². The third kappa shape index (κ3) is 4.10. The minimum atomic E-state index is 0.668. The fourth-order valence-electron chi connectivity index (χ4n) is 1.34. The number of methoxy groups -OCH3 is 1. The van der Waals surface area contributed by atoms with Gasteiger partial charge in [-0.2, -0.15) is 0 Å². The largest absolute Gasteiger partial charge is 0.493 e. The predicted octanol–water partition coefficient (Wildman–Crippen LogP) is 3.32. The summed E-state index contributed by atoms with van der Waals surface area (Å²) in [5.41, 5.74) is 1.19. The molecule has 0 saturated heterocycles. The summed E-state index contributed by atoms with van der Waals surface area (Å²) in [5.74, 6) is 0.890. The van der Waals surface area contributed by atoms with E-state index in [0.717, 1.165) is 25.2 Å². The summed E-state index contributed by atoms with van der Waals surface area (Å²) in [6.45, 7) is 3.49. The van der Waals surface area contributed by atoms with Gasteiger partial charge in [-0.05, 0) is 24.1 Å². The fraction of sp³-hybridized carbons (Fsp3) is 0.500. The first-order valence-electron chi connectivity index (χ1n) is 5.18. The first kappa shape index (κ1) is 12.3. The van der Waals surface area contributed by atoms with E-state index in [1.807, 2.05) is 18.2 Å². The van der Waals surface area contributed by atoms with Crippen molar-refractivity contribution in [3.05, 3.63) is 28.8 Å². The summed E-state index contributed by atoms with van der Waals surface area (Å²) in [7, 11) is 1.69. The summed E-state index contributed by atoms with van der Waals surface area (Å²) >= 11 is 5.91. The van der Waals surface area contributed by atoms with Crippen molar-refractivity contribution in [1.82, 2.24) is 0 Å². The van der Waals surface area contributed by atoms with Crippen molar-refractivity contribution in [3.63, 3.8) is 0 Å². The topological polar surface area (TPSA) is 18.5 Å². The van der Waals surface area contributed by atoms with Crippen molar-refractivity contribution >= 4 is 11.6 Å². The molecule has 0 aliphatic carbocycles. The van der Waals surface area contributed by atoms with Crippen LogP contribution in [0.3, 0.4) is 0 Å². The maximum atomic E-state index is 5.91. The molecular weight excluding hydrogens is 212 g/mol. The Labute approximate surface area is 96.2 Å². The number of hydrogen-bond acceptors (Lipinski definition) is 2. The van der Waals surface area contributed by atoms with Crippen LogP contribution in [-0.2, 0) is 11.2 Å². The number of benzene rings is 1. The highest BCUT2D eigenvalue weighted by molar-refractivity contribution is 6.30. The Morgan fingerprint density at radius 1 is 1.27 bits per heavy atom. The van der Waals surface area contributed by atoms with E-state index in [4.69, 9.17) is 21.1 Å². The van der Waals surface area contributed by atoms with Crippen LogP contribution < -0.4 is 4.74 Å². The molecule has 0 bridgehead atoms. The van der Waals surface area contributed by atoms with Gasteiger partial charge < -0.3 is 9.47 Å². The Hall–Kier alpha value is -0.730. The van der Waals surface area contributed by atoms with E-state index >= 15 is 0 Å². The monoisotopic (exact) mass is 228 g/mol. The predicted molar refractivity (Wildman–Crippen MR) is 62.8 cm³/mol. The SMILES string of the molecule is CCc1ccc(Cl)cc1OCCCOC. The van der Waals surface area contributed by atoms with Gasteiger partial charge >= 0.3 is 0 Å². The van der Waals surface area contributed by atoms with Crippen LogP contribution >= 0.6 is 11.6 Å². The minimum absolute atomic E-state index is 0.668. The molecule has 0 aromatic heterocycles. The molecule has 3 heteroatoms. The highest BCUT2D eigenvalue weighted by Crippen LogP contribution is 2.23. The molecule has 0 radical (unpaired) electrons. The molecule has 0 spiro atoms. The molecule has 84 valence electrons. The van der Waals surface area contributed by atoms with E-state index in [1.165, 1.54) is 5.56 Å². The fourth-order valence-corrected chi connectivity index (χ4v) is 1.50. The van der Waals surface area contributed by atoms with Crippen LogP contribution in [0.2, 0.25) is 5.02 Å². The van der Waals surface area contributed by atoms with Gasteiger partial charge in [0.05, 0.1) is 6.61 Å². The third-order valence-electron chi connectivity index (χ3n) is 2.16. The van der Waals surface area contributed by atoms with E-state index in [0.29, 0.717) is 11.6 Å². The van der Waals surface area contributed by atoms with Crippen molar-refractivity contribution < 1.29 is 9.47 Å². The van der Waals surface area contributed by atoms with Crippen molar-refractivity contribution in [2.45, 2.75) is 19.8 Å². The second-order valence-corrected chi connectivity index (χ2v) is 3.74. The van der Waals surface area contributed by atoms with Crippen LogP contribution in [0.25, 0.3) is 0 Å². The number of hydrogen-bond donors (Lipinski definition) is 0. The van der Waals surface area contributed by atoms with Gasteiger partial charge in [0.1, 0.15) is 5.75 Å². The smallest absolute Gasteiger partial charge is 0.123 e. The second kappa shape index (κ2) is 6.70. The molecule has 15 heavy (non-hydrogen) atoms. The Morgan fingerprint density at radius 2 is 2.07 bits per heavy atom. The zero-order valence-corrected chi connectivity index (χ0v) is 10.0. The van der Waals surface area contributed by atoms with E-state index in [1.54, 1.807) is 7.11 Å². The van der Waals surface area contributed by atoms with Gasteiger partial charge in [-0.1, -0.05) is 24.6 Å². The molecule has 0 unspecified atom stereocenters. The third-order valence-corrected chi connectivity index (χ3v) is 2.40. The lowest BCUT2D eigenvalue weighted by molar-refractivity contribution is 0.172. The van der Waals surface area contributed by atoms with Gasteiger partial charge in [-0.15, -0.1) is 0 Å². The quantitative estimate of drug-likeness (QED) is 0.696. The van der Waals surface area contributed by atoms with Gasteiger partial charge in [0.25, 0.3) is 0 Å². The molecule has 0 saturated carbocycles. The number of ether oxygens (including phenoxy) is 2. The normalized spacial score (nSPS) is 10.3. The standard InChI is InChI=1S/C12H17ClO2/c1-3-10-5-6-11(13)9-12(10)15-8-4-7-14-2/h5-6,9H,3-4,7-8H2,1-2H3. The van der Waals surface area contributed by atoms with Crippen molar-refractivity contribution in [2.24, 2.45) is 0 Å². The lowest BCUT2D eigenvalue weighted by Gasteiger charge is -2.10. The molecule has 0 fully saturated rings. The van der Waals surface area contributed by atoms with Crippen LogP contribution in [0, 0.1) is 0 Å². The van der Waals surface area contributed by atoms with Crippen LogP contribution in [0.1, 0.15) is 18.9 Å². The number of rotatable bonds is 6. The number of aryl methyl sites for hydroxylation is 1. The molecule has 0 heterocycles. The number of halogens is 1. The molecule has 1 rings (SSSR count). The lowest BCUT2D eigenvalue weighted by Crippen LogP contribution is -2.03. The van der Waals surface area contributed by atoms with E-state index in [2.05, 4.69) is 6.92 Å². The molecule has 2 nitrogen and oxygen atoms in total. The maximum absolute atomic E-state index is 5.91. The summed E-state index contributed by atoms with van der Waals surface area (Å²) in [6, 6.07) is 5.77. The Bertz CT molecular complexity index is 300. The molecule has 1 aromatic carbocycles. The highest BCUT2D eigenvalue weighted by Gasteiger charge is 2.02. The van der Waals surface area contributed by atoms with Crippen LogP contribution in [-0.4, -0.2) is 20.3 Å². The Morgan fingerprint density at radius 3 is 2.73 bits per heavy atom. The molecule has 0 amide bonds. The molecule has 0 aliphatic heterocycles.